The monoisotopic (exact) mass is 301 g/mol. The quantitative estimate of drug-likeness (QED) is 0.760. The molecule has 0 saturated heterocycles. The van der Waals surface area contributed by atoms with E-state index in [9.17, 15) is 0 Å². The third-order valence-electron chi connectivity index (χ3n) is 4.65. The Kier molecular flexibility index (Phi) is 5.60. The maximum absolute atomic E-state index is 4.85. The van der Waals surface area contributed by atoms with Crippen molar-refractivity contribution in [3.8, 4) is 0 Å². The third kappa shape index (κ3) is 3.34. The topological polar surface area (TPSA) is 29.0 Å². The van der Waals surface area contributed by atoms with Gasteiger partial charge in [0.05, 0.1) is 5.69 Å². The third-order valence-corrected chi connectivity index (χ3v) is 4.65. The summed E-state index contributed by atoms with van der Waals surface area (Å²) < 4.78 is 0. The van der Waals surface area contributed by atoms with Crippen LogP contribution in [0.15, 0.2) is 5.57 Å². The highest BCUT2D eigenvalue weighted by atomic mass is 15.2. The number of aryl methyl sites for hydroxylation is 2. The Bertz CT molecular complexity index is 550. The lowest BCUT2D eigenvalue weighted by Crippen LogP contribution is -2.40. The lowest BCUT2D eigenvalue weighted by molar-refractivity contribution is 0.497. The van der Waals surface area contributed by atoms with Crippen LogP contribution in [0, 0.1) is 13.8 Å². The molecular formula is C19H31N3. The number of fused-ring (bicyclic) bond motifs is 1. The van der Waals surface area contributed by atoms with Gasteiger partial charge in [0.1, 0.15) is 11.6 Å². The molecule has 0 unspecified atom stereocenters. The van der Waals surface area contributed by atoms with Gasteiger partial charge in [0.15, 0.2) is 0 Å². The normalized spacial score (nSPS) is 14.5. The molecule has 0 fully saturated rings. The fraction of sp³-hybridized carbons (Fsp3) is 0.684. The molecule has 1 aliphatic rings. The van der Waals surface area contributed by atoms with E-state index in [1.165, 1.54) is 48.2 Å². The molecule has 0 aliphatic carbocycles. The minimum absolute atomic E-state index is 0.612. The molecule has 3 heteroatoms. The van der Waals surface area contributed by atoms with Crippen molar-refractivity contribution >= 4 is 11.4 Å². The maximum atomic E-state index is 4.85. The molecule has 3 nitrogen and oxygen atoms in total. The van der Waals surface area contributed by atoms with E-state index in [2.05, 4.69) is 44.5 Å². The smallest absolute Gasteiger partial charge is 0.140 e. The molecule has 2 heterocycles. The Morgan fingerprint density at radius 2 is 1.73 bits per heavy atom. The van der Waals surface area contributed by atoms with E-state index in [4.69, 9.17) is 4.98 Å². The van der Waals surface area contributed by atoms with Gasteiger partial charge in [-0.2, -0.15) is 0 Å². The summed E-state index contributed by atoms with van der Waals surface area (Å²) in [6.45, 7) is 14.2. The van der Waals surface area contributed by atoms with Gasteiger partial charge in [0.25, 0.3) is 0 Å². The van der Waals surface area contributed by atoms with Crippen molar-refractivity contribution in [1.29, 1.82) is 0 Å². The summed E-state index contributed by atoms with van der Waals surface area (Å²) in [7, 11) is 0. The first kappa shape index (κ1) is 17.0. The molecule has 0 radical (unpaired) electrons. The highest BCUT2D eigenvalue weighted by molar-refractivity contribution is 5.80. The van der Waals surface area contributed by atoms with Gasteiger partial charge in [-0.15, -0.1) is 0 Å². The molecule has 122 valence electrons. The fourth-order valence-electron chi connectivity index (χ4n) is 3.70. The summed E-state index contributed by atoms with van der Waals surface area (Å²) in [5.41, 5.74) is 5.29. The van der Waals surface area contributed by atoms with Crippen LogP contribution in [0.4, 0.5) is 5.82 Å². The molecular weight excluding hydrogens is 270 g/mol. The summed E-state index contributed by atoms with van der Waals surface area (Å²) in [5, 5.41) is 0. The number of anilines is 1. The molecule has 2 rings (SSSR count). The largest absolute Gasteiger partial charge is 0.353 e. The van der Waals surface area contributed by atoms with E-state index in [-0.39, 0.29) is 0 Å². The highest BCUT2D eigenvalue weighted by Crippen LogP contribution is 2.38. The molecule has 0 aromatic carbocycles. The first-order valence-electron chi connectivity index (χ1n) is 8.78. The molecule has 0 atom stereocenters. The minimum atomic E-state index is 0.612. The van der Waals surface area contributed by atoms with Crippen molar-refractivity contribution in [2.75, 3.05) is 11.4 Å². The average molecular weight is 301 g/mol. The van der Waals surface area contributed by atoms with Gasteiger partial charge in [-0.1, -0.05) is 32.3 Å². The number of allylic oxidation sites excluding steroid dienone is 1. The Morgan fingerprint density at radius 3 is 2.27 bits per heavy atom. The number of hydrogen-bond donors (Lipinski definition) is 0. The Hall–Kier alpha value is -1.38. The van der Waals surface area contributed by atoms with Crippen LogP contribution >= 0.6 is 0 Å². The number of hydrogen-bond acceptors (Lipinski definition) is 3. The second kappa shape index (κ2) is 7.26. The first-order valence-corrected chi connectivity index (χ1v) is 8.78. The second-order valence-corrected chi connectivity index (χ2v) is 6.71. The zero-order chi connectivity index (χ0) is 16.3. The van der Waals surface area contributed by atoms with E-state index in [0.717, 1.165) is 24.5 Å². The van der Waals surface area contributed by atoms with Crippen molar-refractivity contribution in [3.05, 3.63) is 22.7 Å². The van der Waals surface area contributed by atoms with Crippen LogP contribution in [0.1, 0.15) is 76.9 Å². The Labute approximate surface area is 135 Å². The predicted octanol–water partition coefficient (Wildman–Crippen LogP) is 5.07. The summed E-state index contributed by atoms with van der Waals surface area (Å²) in [4.78, 5) is 12.1. The van der Waals surface area contributed by atoms with Crippen LogP contribution in [-0.4, -0.2) is 22.6 Å². The summed E-state index contributed by atoms with van der Waals surface area (Å²) in [6.07, 6.45) is 6.08. The SMILES string of the molecule is CCCC(CCC)N1CCC(=C(C)C)c2c(C)nc(C)nc21. The lowest BCUT2D eigenvalue weighted by atomic mass is 9.91. The molecule has 22 heavy (non-hydrogen) atoms. The van der Waals surface area contributed by atoms with E-state index >= 15 is 0 Å². The number of rotatable bonds is 5. The van der Waals surface area contributed by atoms with Crippen molar-refractivity contribution in [3.63, 3.8) is 0 Å². The Morgan fingerprint density at radius 1 is 1.09 bits per heavy atom. The summed E-state index contributed by atoms with van der Waals surface area (Å²) in [5.74, 6) is 2.07. The molecule has 0 bridgehead atoms. The zero-order valence-corrected chi connectivity index (χ0v) is 15.2. The molecule has 0 amide bonds. The second-order valence-electron chi connectivity index (χ2n) is 6.71. The molecule has 1 aliphatic heterocycles. The lowest BCUT2D eigenvalue weighted by Gasteiger charge is -2.39. The van der Waals surface area contributed by atoms with Gasteiger partial charge in [-0.3, -0.25) is 0 Å². The molecule has 0 saturated carbocycles. The molecule has 1 aromatic heterocycles. The van der Waals surface area contributed by atoms with Gasteiger partial charge in [-0.05, 0) is 52.5 Å². The van der Waals surface area contributed by atoms with Crippen LogP contribution in [-0.2, 0) is 0 Å². The van der Waals surface area contributed by atoms with Crippen LogP contribution in [0.3, 0.4) is 0 Å². The van der Waals surface area contributed by atoms with Crippen molar-refractivity contribution in [2.45, 2.75) is 79.7 Å². The predicted molar refractivity (Wildman–Crippen MR) is 95.3 cm³/mol. The van der Waals surface area contributed by atoms with Crippen molar-refractivity contribution < 1.29 is 0 Å². The fourth-order valence-corrected chi connectivity index (χ4v) is 3.70. The zero-order valence-electron chi connectivity index (χ0n) is 15.2. The van der Waals surface area contributed by atoms with Crippen LogP contribution in [0.5, 0.6) is 0 Å². The van der Waals surface area contributed by atoms with Gasteiger partial charge in [-0.25, -0.2) is 9.97 Å². The standard InChI is InChI=1S/C19H31N3/c1-7-9-16(10-8-2)22-12-11-17(13(3)4)18-14(5)20-15(6)21-19(18)22/h16H,7-12H2,1-6H3. The maximum Gasteiger partial charge on any atom is 0.140 e. The van der Waals surface area contributed by atoms with Gasteiger partial charge in [0.2, 0.25) is 0 Å². The summed E-state index contributed by atoms with van der Waals surface area (Å²) in [6, 6.07) is 0.612. The van der Waals surface area contributed by atoms with Gasteiger partial charge < -0.3 is 4.90 Å². The molecule has 1 aromatic rings. The first-order chi connectivity index (χ1) is 10.5. The van der Waals surface area contributed by atoms with E-state index < -0.39 is 0 Å². The molecule has 0 spiro atoms. The molecule has 0 N–H and O–H groups in total. The van der Waals surface area contributed by atoms with E-state index in [1.807, 2.05) is 6.92 Å². The average Bonchev–Trinajstić information content (AvgIpc) is 2.45. The van der Waals surface area contributed by atoms with Crippen molar-refractivity contribution in [2.24, 2.45) is 0 Å². The number of nitrogens with zero attached hydrogens (tertiary/aromatic N) is 3. The van der Waals surface area contributed by atoms with Gasteiger partial charge >= 0.3 is 0 Å². The van der Waals surface area contributed by atoms with Gasteiger partial charge in [0, 0.05) is 18.2 Å². The van der Waals surface area contributed by atoms with Crippen molar-refractivity contribution in [1.82, 2.24) is 9.97 Å². The Balaban J connectivity index is 2.53. The van der Waals surface area contributed by atoms with E-state index in [0.29, 0.717) is 6.04 Å². The van der Waals surface area contributed by atoms with Crippen LogP contribution in [0.2, 0.25) is 0 Å². The van der Waals surface area contributed by atoms with Crippen LogP contribution in [0.25, 0.3) is 5.57 Å². The minimum Gasteiger partial charge on any atom is -0.353 e. The van der Waals surface area contributed by atoms with Crippen LogP contribution < -0.4 is 4.90 Å². The van der Waals surface area contributed by atoms with E-state index in [1.54, 1.807) is 0 Å². The highest BCUT2D eigenvalue weighted by Gasteiger charge is 2.29. The number of aromatic nitrogens is 2. The summed E-state index contributed by atoms with van der Waals surface area (Å²) >= 11 is 0.